The Morgan fingerprint density at radius 3 is 2.07 bits per heavy atom. The smallest absolute Gasteiger partial charge is 0.371 e. The quantitative estimate of drug-likeness (QED) is 0.766. The van der Waals surface area contributed by atoms with Crippen molar-refractivity contribution in [1.29, 1.82) is 0 Å². The lowest BCUT2D eigenvalue weighted by Crippen LogP contribution is -2.48. The molecule has 29 heavy (non-hydrogen) atoms. The van der Waals surface area contributed by atoms with E-state index in [1.165, 1.54) is 6.07 Å². The fourth-order valence-corrected chi connectivity index (χ4v) is 4.11. The van der Waals surface area contributed by atoms with Gasteiger partial charge in [0.25, 0.3) is 5.91 Å². The van der Waals surface area contributed by atoms with Gasteiger partial charge in [-0.15, -0.1) is 0 Å². The molecular formula is C22H24F3N3O. The topological polar surface area (TPSA) is 26.8 Å². The van der Waals surface area contributed by atoms with Crippen molar-refractivity contribution in [3.8, 4) is 0 Å². The second-order valence-electron chi connectivity index (χ2n) is 7.54. The Morgan fingerprint density at radius 1 is 0.793 bits per heavy atom. The van der Waals surface area contributed by atoms with E-state index in [4.69, 9.17) is 0 Å². The summed E-state index contributed by atoms with van der Waals surface area (Å²) in [4.78, 5) is 18.3. The van der Waals surface area contributed by atoms with Crippen LogP contribution in [0.1, 0.15) is 28.8 Å². The van der Waals surface area contributed by atoms with Crippen LogP contribution in [-0.4, -0.2) is 50.1 Å². The molecule has 2 fully saturated rings. The molecule has 0 unspecified atom stereocenters. The van der Waals surface area contributed by atoms with E-state index in [2.05, 4.69) is 4.90 Å². The van der Waals surface area contributed by atoms with E-state index >= 15 is 0 Å². The fourth-order valence-electron chi connectivity index (χ4n) is 4.11. The molecule has 2 saturated heterocycles. The number of piperazine rings is 1. The average molecular weight is 403 g/mol. The molecular weight excluding hydrogens is 379 g/mol. The van der Waals surface area contributed by atoms with Crippen LogP contribution >= 0.6 is 0 Å². The van der Waals surface area contributed by atoms with Crippen molar-refractivity contribution in [1.82, 2.24) is 4.90 Å². The highest BCUT2D eigenvalue weighted by Crippen LogP contribution is 2.40. The van der Waals surface area contributed by atoms with Gasteiger partial charge in [-0.2, -0.15) is 13.2 Å². The Kier molecular flexibility index (Phi) is 5.39. The molecule has 0 radical (unpaired) electrons. The lowest BCUT2D eigenvalue weighted by atomic mass is 10.1. The number of carbonyl (C=O) groups excluding carboxylic acids is 1. The molecule has 2 heterocycles. The van der Waals surface area contributed by atoms with Gasteiger partial charge in [-0.25, -0.2) is 0 Å². The highest BCUT2D eigenvalue weighted by atomic mass is 19.4. The summed E-state index contributed by atoms with van der Waals surface area (Å²) < 4.78 is 40.5. The van der Waals surface area contributed by atoms with Gasteiger partial charge in [0, 0.05) is 50.5 Å². The third-order valence-corrected chi connectivity index (χ3v) is 5.69. The Balaban J connectivity index is 1.49. The van der Waals surface area contributed by atoms with Crippen molar-refractivity contribution < 1.29 is 18.0 Å². The highest BCUT2D eigenvalue weighted by molar-refractivity contribution is 5.94. The van der Waals surface area contributed by atoms with Crippen molar-refractivity contribution in [2.75, 3.05) is 49.1 Å². The summed E-state index contributed by atoms with van der Waals surface area (Å²) in [6.45, 7) is 3.62. The van der Waals surface area contributed by atoms with Gasteiger partial charge in [-0.3, -0.25) is 4.79 Å². The second kappa shape index (κ2) is 7.97. The van der Waals surface area contributed by atoms with Gasteiger partial charge in [0.1, 0.15) is 0 Å². The van der Waals surface area contributed by atoms with Gasteiger partial charge in [-0.1, -0.05) is 18.2 Å². The van der Waals surface area contributed by atoms with Crippen LogP contribution in [0, 0.1) is 0 Å². The van der Waals surface area contributed by atoms with Crippen molar-refractivity contribution in [2.24, 2.45) is 0 Å². The number of benzene rings is 2. The predicted molar refractivity (Wildman–Crippen MR) is 107 cm³/mol. The SMILES string of the molecule is O=C(c1ccccc1)N1CCN(c2ccc(C(F)(F)F)c(N3CCCC3)c2)CC1. The number of nitrogens with zero attached hydrogens (tertiary/aromatic N) is 3. The summed E-state index contributed by atoms with van der Waals surface area (Å²) in [6.07, 6.45) is -2.53. The third kappa shape index (κ3) is 4.18. The van der Waals surface area contributed by atoms with Crippen LogP contribution in [0.15, 0.2) is 48.5 Å². The molecule has 0 spiro atoms. The minimum Gasteiger partial charge on any atom is -0.371 e. The molecule has 0 saturated carbocycles. The van der Waals surface area contributed by atoms with Crippen molar-refractivity contribution in [3.05, 3.63) is 59.7 Å². The van der Waals surface area contributed by atoms with Gasteiger partial charge in [0.15, 0.2) is 0 Å². The van der Waals surface area contributed by atoms with Crippen LogP contribution in [0.4, 0.5) is 24.5 Å². The second-order valence-corrected chi connectivity index (χ2v) is 7.54. The maximum Gasteiger partial charge on any atom is 0.418 e. The summed E-state index contributed by atoms with van der Waals surface area (Å²) in [6, 6.07) is 13.6. The number of hydrogen-bond donors (Lipinski definition) is 0. The van der Waals surface area contributed by atoms with E-state index in [-0.39, 0.29) is 11.6 Å². The number of hydrogen-bond acceptors (Lipinski definition) is 3. The third-order valence-electron chi connectivity index (χ3n) is 5.69. The van der Waals surface area contributed by atoms with Gasteiger partial charge in [0.05, 0.1) is 11.3 Å². The standard InChI is InChI=1S/C22H24F3N3O/c23-22(24,25)19-9-8-18(16-20(19)27-10-4-5-11-27)26-12-14-28(15-13-26)21(29)17-6-2-1-3-7-17/h1-3,6-9,16H,4-5,10-15H2. The maximum atomic E-state index is 13.5. The van der Waals surface area contributed by atoms with Gasteiger partial charge >= 0.3 is 6.18 Å². The molecule has 4 rings (SSSR count). The molecule has 0 aromatic heterocycles. The van der Waals surface area contributed by atoms with Crippen molar-refractivity contribution in [3.63, 3.8) is 0 Å². The number of rotatable bonds is 3. The van der Waals surface area contributed by atoms with Crippen LogP contribution in [0.25, 0.3) is 0 Å². The Labute approximate surface area is 168 Å². The van der Waals surface area contributed by atoms with Crippen LogP contribution in [0.5, 0.6) is 0 Å². The predicted octanol–water partition coefficient (Wildman–Crippen LogP) is 4.27. The maximum absolute atomic E-state index is 13.5. The van der Waals surface area contributed by atoms with Crippen LogP contribution in [0.3, 0.4) is 0 Å². The highest BCUT2D eigenvalue weighted by Gasteiger charge is 2.36. The Morgan fingerprint density at radius 2 is 1.45 bits per heavy atom. The number of halogens is 3. The zero-order chi connectivity index (χ0) is 20.4. The van der Waals surface area contributed by atoms with E-state index in [1.807, 2.05) is 23.1 Å². The molecule has 7 heteroatoms. The molecule has 0 bridgehead atoms. The average Bonchev–Trinajstić information content (AvgIpc) is 3.28. The molecule has 154 valence electrons. The summed E-state index contributed by atoms with van der Waals surface area (Å²) in [5, 5.41) is 0. The van der Waals surface area contributed by atoms with E-state index in [1.54, 1.807) is 29.2 Å². The molecule has 2 aromatic carbocycles. The first kappa shape index (κ1) is 19.6. The normalized spacial score (nSPS) is 17.7. The van der Waals surface area contributed by atoms with Gasteiger partial charge < -0.3 is 14.7 Å². The lowest BCUT2D eigenvalue weighted by Gasteiger charge is -2.37. The number of amides is 1. The van der Waals surface area contributed by atoms with Crippen LogP contribution in [0.2, 0.25) is 0 Å². The summed E-state index contributed by atoms with van der Waals surface area (Å²) in [5.41, 5.74) is 1.15. The zero-order valence-corrected chi connectivity index (χ0v) is 16.2. The zero-order valence-electron chi connectivity index (χ0n) is 16.2. The first-order valence-electron chi connectivity index (χ1n) is 9.99. The lowest BCUT2D eigenvalue weighted by molar-refractivity contribution is -0.137. The molecule has 0 N–H and O–H groups in total. The minimum atomic E-state index is -4.36. The summed E-state index contributed by atoms with van der Waals surface area (Å²) in [5.74, 6) is -0.00424. The Hall–Kier alpha value is -2.70. The molecule has 4 nitrogen and oxygen atoms in total. The molecule has 0 atom stereocenters. The monoisotopic (exact) mass is 403 g/mol. The van der Waals surface area contributed by atoms with Gasteiger partial charge in [0.2, 0.25) is 0 Å². The summed E-state index contributed by atoms with van der Waals surface area (Å²) in [7, 11) is 0. The minimum absolute atomic E-state index is 0.00424. The molecule has 2 aromatic rings. The van der Waals surface area contributed by atoms with Crippen molar-refractivity contribution >= 4 is 17.3 Å². The molecule has 2 aliphatic heterocycles. The largest absolute Gasteiger partial charge is 0.418 e. The van der Waals surface area contributed by atoms with Crippen LogP contribution in [-0.2, 0) is 6.18 Å². The van der Waals surface area contributed by atoms with E-state index in [9.17, 15) is 18.0 Å². The molecule has 0 aliphatic carbocycles. The molecule has 2 aliphatic rings. The first-order valence-corrected chi connectivity index (χ1v) is 9.99. The van der Waals surface area contributed by atoms with E-state index < -0.39 is 11.7 Å². The fraction of sp³-hybridized carbons (Fsp3) is 0.409. The number of anilines is 2. The summed E-state index contributed by atoms with van der Waals surface area (Å²) >= 11 is 0. The first-order chi connectivity index (χ1) is 13.9. The molecule has 1 amide bonds. The number of carbonyl (C=O) groups is 1. The van der Waals surface area contributed by atoms with Gasteiger partial charge in [-0.05, 0) is 43.2 Å². The Bertz CT molecular complexity index is 855. The van der Waals surface area contributed by atoms with E-state index in [0.717, 1.165) is 18.5 Å². The van der Waals surface area contributed by atoms with E-state index in [0.29, 0.717) is 44.8 Å². The van der Waals surface area contributed by atoms with Crippen molar-refractivity contribution in [2.45, 2.75) is 19.0 Å². The van der Waals surface area contributed by atoms with Crippen LogP contribution < -0.4 is 9.80 Å². The number of alkyl halides is 3.